The van der Waals surface area contributed by atoms with E-state index in [9.17, 15) is 0 Å². The SMILES string of the molecule is CC(C)(C#N)CCCN1CCn2ccnc2C1. The van der Waals surface area contributed by atoms with Crippen molar-refractivity contribution in [3.63, 3.8) is 0 Å². The first-order chi connectivity index (χ1) is 8.11. The Balaban J connectivity index is 1.78. The molecular formula is C13H20N4. The molecule has 92 valence electrons. The van der Waals surface area contributed by atoms with E-state index in [1.165, 1.54) is 0 Å². The maximum atomic E-state index is 8.96. The minimum Gasteiger partial charge on any atom is -0.333 e. The number of imidazole rings is 1. The van der Waals surface area contributed by atoms with Crippen LogP contribution < -0.4 is 0 Å². The predicted molar refractivity (Wildman–Crippen MR) is 66.1 cm³/mol. The number of hydrogen-bond acceptors (Lipinski definition) is 3. The predicted octanol–water partition coefficient (Wildman–Crippen LogP) is 2.03. The quantitative estimate of drug-likeness (QED) is 0.798. The Labute approximate surface area is 103 Å². The van der Waals surface area contributed by atoms with Gasteiger partial charge in [0.2, 0.25) is 0 Å². The molecular weight excluding hydrogens is 212 g/mol. The van der Waals surface area contributed by atoms with Crippen molar-refractivity contribution in [1.29, 1.82) is 5.26 Å². The van der Waals surface area contributed by atoms with Crippen LogP contribution in [0.2, 0.25) is 0 Å². The lowest BCUT2D eigenvalue weighted by molar-refractivity contribution is 0.206. The number of nitrogens with zero attached hydrogens (tertiary/aromatic N) is 4. The number of aromatic nitrogens is 2. The first-order valence-electron chi connectivity index (χ1n) is 6.24. The highest BCUT2D eigenvalue weighted by Crippen LogP contribution is 2.21. The van der Waals surface area contributed by atoms with Crippen molar-refractivity contribution >= 4 is 0 Å². The van der Waals surface area contributed by atoms with Crippen LogP contribution in [0.4, 0.5) is 0 Å². The molecule has 1 aromatic heterocycles. The summed E-state index contributed by atoms with van der Waals surface area (Å²) >= 11 is 0. The Bertz CT molecular complexity index is 413. The van der Waals surface area contributed by atoms with Gasteiger partial charge in [-0.05, 0) is 33.2 Å². The second-order valence-electron chi connectivity index (χ2n) is 5.41. The maximum absolute atomic E-state index is 8.96. The minimum absolute atomic E-state index is 0.186. The zero-order valence-electron chi connectivity index (χ0n) is 10.7. The summed E-state index contributed by atoms with van der Waals surface area (Å²) in [6.45, 7) is 8.16. The number of rotatable bonds is 4. The van der Waals surface area contributed by atoms with Crippen molar-refractivity contribution in [2.24, 2.45) is 5.41 Å². The van der Waals surface area contributed by atoms with Crippen LogP contribution in [0.3, 0.4) is 0 Å². The lowest BCUT2D eigenvalue weighted by Gasteiger charge is -2.28. The second kappa shape index (κ2) is 4.89. The van der Waals surface area contributed by atoms with Crippen LogP contribution in [0.5, 0.6) is 0 Å². The van der Waals surface area contributed by atoms with Gasteiger partial charge in [0, 0.05) is 25.5 Å². The van der Waals surface area contributed by atoms with Gasteiger partial charge in [-0.25, -0.2) is 4.98 Å². The fourth-order valence-electron chi connectivity index (χ4n) is 2.21. The Morgan fingerprint density at radius 2 is 2.29 bits per heavy atom. The molecule has 0 radical (unpaired) electrons. The molecule has 17 heavy (non-hydrogen) atoms. The monoisotopic (exact) mass is 232 g/mol. The summed E-state index contributed by atoms with van der Waals surface area (Å²) in [5.74, 6) is 1.16. The van der Waals surface area contributed by atoms with Crippen molar-refractivity contribution in [2.75, 3.05) is 13.1 Å². The van der Waals surface area contributed by atoms with E-state index < -0.39 is 0 Å². The summed E-state index contributed by atoms with van der Waals surface area (Å²) in [5, 5.41) is 8.96. The fraction of sp³-hybridized carbons (Fsp3) is 0.692. The number of hydrogen-bond donors (Lipinski definition) is 0. The normalized spacial score (nSPS) is 16.5. The Morgan fingerprint density at radius 1 is 1.47 bits per heavy atom. The maximum Gasteiger partial charge on any atom is 0.122 e. The standard InChI is InChI=1S/C13H20N4/c1-13(2,11-14)4-3-6-16-8-9-17-7-5-15-12(17)10-16/h5,7H,3-4,6,8-10H2,1-2H3. The van der Waals surface area contributed by atoms with Crippen LogP contribution in [-0.2, 0) is 13.1 Å². The van der Waals surface area contributed by atoms with E-state index >= 15 is 0 Å². The molecule has 0 aromatic carbocycles. The highest BCUT2D eigenvalue weighted by molar-refractivity contribution is 4.96. The van der Waals surface area contributed by atoms with Gasteiger partial charge >= 0.3 is 0 Å². The molecule has 4 nitrogen and oxygen atoms in total. The van der Waals surface area contributed by atoms with Gasteiger partial charge in [-0.2, -0.15) is 5.26 Å². The zero-order valence-corrected chi connectivity index (χ0v) is 10.7. The van der Waals surface area contributed by atoms with Crippen LogP contribution in [0.1, 0.15) is 32.5 Å². The van der Waals surface area contributed by atoms with Crippen molar-refractivity contribution in [1.82, 2.24) is 14.5 Å². The fourth-order valence-corrected chi connectivity index (χ4v) is 2.21. The molecule has 0 saturated heterocycles. The third-order valence-corrected chi connectivity index (χ3v) is 3.40. The Morgan fingerprint density at radius 3 is 3.06 bits per heavy atom. The summed E-state index contributed by atoms with van der Waals surface area (Å²) in [5.41, 5.74) is -0.186. The smallest absolute Gasteiger partial charge is 0.122 e. The van der Waals surface area contributed by atoms with Crippen LogP contribution in [0, 0.1) is 16.7 Å². The largest absolute Gasteiger partial charge is 0.333 e. The molecule has 2 heterocycles. The van der Waals surface area contributed by atoms with Crippen molar-refractivity contribution < 1.29 is 0 Å². The zero-order chi connectivity index (χ0) is 12.3. The molecule has 1 aliphatic heterocycles. The van der Waals surface area contributed by atoms with E-state index in [1.54, 1.807) is 0 Å². The highest BCUT2D eigenvalue weighted by Gasteiger charge is 2.19. The molecule has 2 rings (SSSR count). The Hall–Kier alpha value is -1.34. The second-order valence-corrected chi connectivity index (χ2v) is 5.41. The summed E-state index contributed by atoms with van der Waals surface area (Å²) in [6.07, 6.45) is 5.97. The van der Waals surface area contributed by atoms with E-state index in [1.807, 2.05) is 26.2 Å². The number of nitriles is 1. The van der Waals surface area contributed by atoms with Gasteiger partial charge in [0.25, 0.3) is 0 Å². The average molecular weight is 232 g/mol. The molecule has 0 aliphatic carbocycles. The molecule has 1 aromatic rings. The van der Waals surface area contributed by atoms with Crippen LogP contribution in [0.25, 0.3) is 0 Å². The van der Waals surface area contributed by atoms with Crippen LogP contribution in [0.15, 0.2) is 12.4 Å². The molecule has 0 N–H and O–H groups in total. The van der Waals surface area contributed by atoms with Gasteiger partial charge in [-0.1, -0.05) is 0 Å². The van der Waals surface area contributed by atoms with Gasteiger partial charge in [-0.3, -0.25) is 4.90 Å². The van der Waals surface area contributed by atoms with Crippen molar-refractivity contribution in [2.45, 2.75) is 39.8 Å². The van der Waals surface area contributed by atoms with E-state index in [2.05, 4.69) is 20.5 Å². The van der Waals surface area contributed by atoms with Crippen molar-refractivity contribution in [3.8, 4) is 6.07 Å². The van der Waals surface area contributed by atoms with E-state index in [0.717, 1.165) is 44.8 Å². The summed E-state index contributed by atoms with van der Waals surface area (Å²) in [4.78, 5) is 6.78. The lowest BCUT2D eigenvalue weighted by atomic mass is 9.90. The molecule has 0 fully saturated rings. The van der Waals surface area contributed by atoms with Gasteiger partial charge < -0.3 is 4.57 Å². The molecule has 0 unspecified atom stereocenters. The van der Waals surface area contributed by atoms with E-state index in [-0.39, 0.29) is 5.41 Å². The molecule has 0 amide bonds. The molecule has 0 bridgehead atoms. The topological polar surface area (TPSA) is 44.9 Å². The summed E-state index contributed by atoms with van der Waals surface area (Å²) < 4.78 is 2.22. The van der Waals surface area contributed by atoms with Crippen LogP contribution >= 0.6 is 0 Å². The van der Waals surface area contributed by atoms with Crippen LogP contribution in [-0.4, -0.2) is 27.5 Å². The third-order valence-electron chi connectivity index (χ3n) is 3.40. The van der Waals surface area contributed by atoms with E-state index in [0.29, 0.717) is 0 Å². The van der Waals surface area contributed by atoms with Gasteiger partial charge in [0.1, 0.15) is 5.82 Å². The summed E-state index contributed by atoms with van der Waals surface area (Å²) in [6, 6.07) is 2.36. The van der Waals surface area contributed by atoms with Gasteiger partial charge in [-0.15, -0.1) is 0 Å². The average Bonchev–Trinajstić information content (AvgIpc) is 2.76. The van der Waals surface area contributed by atoms with Crippen molar-refractivity contribution in [3.05, 3.63) is 18.2 Å². The van der Waals surface area contributed by atoms with E-state index in [4.69, 9.17) is 5.26 Å². The molecule has 4 heteroatoms. The third kappa shape index (κ3) is 3.07. The first-order valence-corrected chi connectivity index (χ1v) is 6.24. The Kier molecular flexibility index (Phi) is 3.49. The van der Waals surface area contributed by atoms with Gasteiger partial charge in [0.05, 0.1) is 18.0 Å². The molecule has 0 spiro atoms. The lowest BCUT2D eigenvalue weighted by Crippen LogP contribution is -2.34. The first kappa shape index (κ1) is 12.1. The van der Waals surface area contributed by atoms with Gasteiger partial charge in [0.15, 0.2) is 0 Å². The highest BCUT2D eigenvalue weighted by atomic mass is 15.2. The molecule has 1 aliphatic rings. The molecule has 0 saturated carbocycles. The molecule has 0 atom stereocenters. The number of fused-ring (bicyclic) bond motifs is 1. The minimum atomic E-state index is -0.186. The summed E-state index contributed by atoms with van der Waals surface area (Å²) in [7, 11) is 0.